The molecule has 10 N–H and O–H groups in total. The third kappa shape index (κ3) is 5.42. The Morgan fingerprint density at radius 2 is 1.11 bits per heavy atom. The third-order valence-electron chi connectivity index (χ3n) is 5.99. The third-order valence-corrected chi connectivity index (χ3v) is 5.99. The zero-order valence-corrected chi connectivity index (χ0v) is 18.0. The molecule has 202 valence electrons. The molecular weight excluding hydrogens is 488 g/mol. The number of carboxylic acids is 2. The summed E-state index contributed by atoms with van der Waals surface area (Å²) in [5.74, 6) is -3.44. The van der Waals surface area contributed by atoms with Gasteiger partial charge in [0.2, 0.25) is 0 Å². The molecule has 3 rings (SSSR count). The molecule has 0 bridgehead atoms. The summed E-state index contributed by atoms with van der Waals surface area (Å²) in [5.41, 5.74) is 0. The number of hydrogen-bond donors (Lipinski definition) is 10. The minimum atomic E-state index is -2.08. The Bertz CT molecular complexity index is 765. The average Bonchev–Trinajstić information content (AvgIpc) is 2.79. The maximum atomic E-state index is 11.6. The number of aliphatic hydroxyl groups is 8. The van der Waals surface area contributed by atoms with Gasteiger partial charge in [0.1, 0.15) is 54.9 Å². The van der Waals surface area contributed by atoms with E-state index in [1.165, 1.54) is 6.92 Å². The first-order valence-corrected chi connectivity index (χ1v) is 10.4. The van der Waals surface area contributed by atoms with Crippen LogP contribution in [0.4, 0.5) is 0 Å². The van der Waals surface area contributed by atoms with Crippen LogP contribution in [0.3, 0.4) is 0 Å². The fraction of sp³-hybridized carbons (Fsp3) is 0.889. The summed E-state index contributed by atoms with van der Waals surface area (Å²) in [6, 6.07) is 0. The highest BCUT2D eigenvalue weighted by atomic mass is 16.8. The number of carbonyl (C=O) groups is 2. The summed E-state index contributed by atoms with van der Waals surface area (Å²) >= 11 is 0. The van der Waals surface area contributed by atoms with Crippen molar-refractivity contribution in [3.8, 4) is 0 Å². The molecular formula is C18H28O17. The topological polar surface area (TPSA) is 283 Å². The largest absolute Gasteiger partial charge is 0.479 e. The highest BCUT2D eigenvalue weighted by Gasteiger charge is 2.55. The van der Waals surface area contributed by atoms with Crippen LogP contribution < -0.4 is 0 Å². The molecule has 3 aliphatic rings. The van der Waals surface area contributed by atoms with E-state index >= 15 is 0 Å². The van der Waals surface area contributed by atoms with E-state index in [0.29, 0.717) is 0 Å². The van der Waals surface area contributed by atoms with Crippen molar-refractivity contribution in [3.63, 3.8) is 0 Å². The summed E-state index contributed by atoms with van der Waals surface area (Å²) in [6.07, 6.45) is -28.8. The number of aliphatic hydroxyl groups excluding tert-OH is 8. The highest BCUT2D eigenvalue weighted by molar-refractivity contribution is 5.73. The van der Waals surface area contributed by atoms with E-state index in [2.05, 4.69) is 0 Å². The zero-order valence-electron chi connectivity index (χ0n) is 18.0. The van der Waals surface area contributed by atoms with Gasteiger partial charge in [-0.25, -0.2) is 9.59 Å². The van der Waals surface area contributed by atoms with Gasteiger partial charge in [0.15, 0.2) is 31.1 Å². The Balaban J connectivity index is 1.86. The predicted octanol–water partition coefficient (Wildman–Crippen LogP) is -6.36. The SMILES string of the molecule is CC1OC(OC2C(C(=O)O)OC(O)C(O)C2O)C(OC2OC(C(=O)O)C(O)C(O)C2O)C(O)C1O. The van der Waals surface area contributed by atoms with E-state index in [-0.39, 0.29) is 0 Å². The average molecular weight is 516 g/mol. The maximum Gasteiger partial charge on any atom is 0.335 e. The second-order valence-corrected chi connectivity index (χ2v) is 8.39. The van der Waals surface area contributed by atoms with E-state index in [4.69, 9.17) is 23.7 Å². The molecule has 15 unspecified atom stereocenters. The molecule has 0 aliphatic carbocycles. The Morgan fingerprint density at radius 3 is 1.69 bits per heavy atom. The predicted molar refractivity (Wildman–Crippen MR) is 101 cm³/mol. The van der Waals surface area contributed by atoms with E-state index in [1.807, 2.05) is 0 Å². The van der Waals surface area contributed by atoms with Crippen molar-refractivity contribution in [2.75, 3.05) is 0 Å². The fourth-order valence-corrected chi connectivity index (χ4v) is 3.93. The zero-order chi connectivity index (χ0) is 26.4. The van der Waals surface area contributed by atoms with Crippen molar-refractivity contribution in [2.45, 2.75) is 99.0 Å². The van der Waals surface area contributed by atoms with Crippen molar-refractivity contribution < 1.29 is 84.3 Å². The molecule has 0 saturated carbocycles. The number of rotatable bonds is 6. The Kier molecular flexibility index (Phi) is 8.65. The summed E-state index contributed by atoms with van der Waals surface area (Å²) in [7, 11) is 0. The molecule has 35 heavy (non-hydrogen) atoms. The number of aliphatic carboxylic acids is 2. The van der Waals surface area contributed by atoms with Gasteiger partial charge in [0, 0.05) is 0 Å². The monoisotopic (exact) mass is 516 g/mol. The molecule has 0 amide bonds. The highest BCUT2D eigenvalue weighted by Crippen LogP contribution is 2.32. The fourth-order valence-electron chi connectivity index (χ4n) is 3.93. The van der Waals surface area contributed by atoms with Gasteiger partial charge in [-0.1, -0.05) is 0 Å². The Hall–Kier alpha value is -1.58. The van der Waals surface area contributed by atoms with Crippen LogP contribution in [-0.2, 0) is 33.3 Å². The van der Waals surface area contributed by atoms with Crippen LogP contribution in [0.15, 0.2) is 0 Å². The van der Waals surface area contributed by atoms with Gasteiger partial charge >= 0.3 is 11.9 Å². The van der Waals surface area contributed by atoms with Crippen molar-refractivity contribution in [1.82, 2.24) is 0 Å². The van der Waals surface area contributed by atoms with Crippen molar-refractivity contribution in [1.29, 1.82) is 0 Å². The van der Waals surface area contributed by atoms with Crippen LogP contribution in [0.5, 0.6) is 0 Å². The summed E-state index contributed by atoms with van der Waals surface area (Å²) in [6.45, 7) is 1.29. The lowest BCUT2D eigenvalue weighted by Crippen LogP contribution is -2.66. The molecule has 3 aliphatic heterocycles. The van der Waals surface area contributed by atoms with Crippen LogP contribution in [-0.4, -0.2) is 155 Å². The molecule has 17 heteroatoms. The van der Waals surface area contributed by atoms with Gasteiger partial charge in [-0.05, 0) is 6.92 Å². The van der Waals surface area contributed by atoms with Crippen LogP contribution >= 0.6 is 0 Å². The van der Waals surface area contributed by atoms with E-state index < -0.39 is 104 Å². The normalized spacial score (nSPS) is 51.1. The molecule has 0 aromatic rings. The van der Waals surface area contributed by atoms with Gasteiger partial charge in [0.25, 0.3) is 0 Å². The maximum absolute atomic E-state index is 11.6. The lowest BCUT2D eigenvalue weighted by molar-refractivity contribution is -0.380. The lowest BCUT2D eigenvalue weighted by atomic mass is 9.96. The van der Waals surface area contributed by atoms with E-state index in [0.717, 1.165) is 0 Å². The molecule has 15 atom stereocenters. The van der Waals surface area contributed by atoms with Crippen LogP contribution in [0.25, 0.3) is 0 Å². The molecule has 0 aromatic carbocycles. The quantitative estimate of drug-likeness (QED) is 0.157. The smallest absolute Gasteiger partial charge is 0.335 e. The Morgan fingerprint density at radius 1 is 0.571 bits per heavy atom. The second kappa shape index (κ2) is 10.8. The second-order valence-electron chi connectivity index (χ2n) is 8.39. The molecule has 17 nitrogen and oxygen atoms in total. The van der Waals surface area contributed by atoms with Gasteiger partial charge in [-0.3, -0.25) is 0 Å². The first-order chi connectivity index (χ1) is 16.3. The van der Waals surface area contributed by atoms with E-state index in [9.17, 15) is 60.7 Å². The van der Waals surface area contributed by atoms with Crippen LogP contribution in [0.2, 0.25) is 0 Å². The summed E-state index contributed by atoms with van der Waals surface area (Å²) < 4.78 is 25.9. The van der Waals surface area contributed by atoms with Crippen molar-refractivity contribution >= 4 is 11.9 Å². The van der Waals surface area contributed by atoms with Gasteiger partial charge in [-0.2, -0.15) is 0 Å². The summed E-state index contributed by atoms with van der Waals surface area (Å²) in [5, 5.41) is 99.0. The van der Waals surface area contributed by atoms with E-state index in [1.54, 1.807) is 0 Å². The van der Waals surface area contributed by atoms with Crippen molar-refractivity contribution in [2.24, 2.45) is 0 Å². The van der Waals surface area contributed by atoms with Gasteiger partial charge in [-0.15, -0.1) is 0 Å². The Labute approximate surface area is 196 Å². The molecule has 0 spiro atoms. The number of ether oxygens (including phenoxy) is 5. The molecule has 3 saturated heterocycles. The van der Waals surface area contributed by atoms with Crippen LogP contribution in [0, 0.1) is 0 Å². The van der Waals surface area contributed by atoms with Gasteiger partial charge < -0.3 is 74.7 Å². The first-order valence-electron chi connectivity index (χ1n) is 10.4. The minimum absolute atomic E-state index is 1.17. The minimum Gasteiger partial charge on any atom is -0.479 e. The number of hydrogen-bond acceptors (Lipinski definition) is 15. The standard InChI is InChI=1S/C18H28O17/c1-2-3(19)5(21)12(35-17-9(25)4(20)6(22)11(34-17)14(26)27)18(31-2)33-10-7(23)8(24)16(30)32-13(10)15(28)29/h2-13,16-25,30H,1H3,(H,26,27)(H,28,29). The number of carboxylic acid groups (broad SMARTS) is 2. The molecule has 0 radical (unpaired) electrons. The molecule has 3 fully saturated rings. The molecule has 3 heterocycles. The summed E-state index contributed by atoms with van der Waals surface area (Å²) in [4.78, 5) is 22.9. The lowest BCUT2D eigenvalue weighted by Gasteiger charge is -2.47. The molecule has 0 aromatic heterocycles. The van der Waals surface area contributed by atoms with Crippen LogP contribution in [0.1, 0.15) is 6.92 Å². The van der Waals surface area contributed by atoms with Gasteiger partial charge in [0.05, 0.1) is 6.10 Å². The van der Waals surface area contributed by atoms with Crippen molar-refractivity contribution in [3.05, 3.63) is 0 Å². The first kappa shape index (κ1) is 28.0.